The van der Waals surface area contributed by atoms with Gasteiger partial charge in [0.25, 0.3) is 0 Å². The number of nitrogens with one attached hydrogen (secondary N) is 1. The Kier molecular flexibility index (Phi) is 7.09. The third kappa shape index (κ3) is 6.17. The number of nitrogens with zero attached hydrogens (tertiary/aromatic N) is 2. The molecule has 0 amide bonds. The summed E-state index contributed by atoms with van der Waals surface area (Å²) in [6.45, 7) is 5.89. The van der Waals surface area contributed by atoms with Crippen molar-refractivity contribution in [2.24, 2.45) is 0 Å². The van der Waals surface area contributed by atoms with Crippen molar-refractivity contribution in [2.45, 2.75) is 23.6 Å². The van der Waals surface area contributed by atoms with Crippen LogP contribution in [0.3, 0.4) is 0 Å². The van der Waals surface area contributed by atoms with E-state index in [2.05, 4.69) is 21.6 Å². The molecule has 0 radical (unpaired) electrons. The van der Waals surface area contributed by atoms with Crippen LogP contribution in [-0.4, -0.2) is 78.7 Å². The molecule has 1 aromatic carbocycles. The van der Waals surface area contributed by atoms with Crippen LogP contribution in [0.25, 0.3) is 0 Å². The molecule has 0 unspecified atom stereocenters. The highest BCUT2D eigenvalue weighted by Gasteiger charge is 2.24. The molecule has 26 heavy (non-hydrogen) atoms. The van der Waals surface area contributed by atoms with Crippen LogP contribution in [0.1, 0.15) is 12.5 Å². The molecule has 1 heterocycles. The maximum atomic E-state index is 12.7. The monoisotopic (exact) mass is 423 g/mol. The molecule has 1 N–H and O–H groups in total. The molecule has 1 atom stereocenters. The van der Waals surface area contributed by atoms with Crippen molar-refractivity contribution in [3.63, 3.8) is 0 Å². The number of hydrogen-bond donors (Lipinski definition) is 1. The van der Waals surface area contributed by atoms with Crippen LogP contribution in [-0.2, 0) is 25.6 Å². The van der Waals surface area contributed by atoms with Gasteiger partial charge in [0.2, 0.25) is 10.0 Å². The Balaban J connectivity index is 2.13. The molecule has 1 aliphatic heterocycles. The summed E-state index contributed by atoms with van der Waals surface area (Å²) in [7, 11) is -5.18. The van der Waals surface area contributed by atoms with Gasteiger partial charge in [-0.2, -0.15) is 0 Å². The quantitative estimate of drug-likeness (QED) is 0.698. The first-order valence-corrected chi connectivity index (χ1v) is 12.3. The highest BCUT2D eigenvalue weighted by Crippen LogP contribution is 2.22. The number of likely N-dealkylation sites (N-methyl/N-ethyl adjacent to an activating group) is 1. The van der Waals surface area contributed by atoms with Crippen LogP contribution in [0.4, 0.5) is 0 Å². The lowest BCUT2D eigenvalue weighted by atomic mass is 10.2. The van der Waals surface area contributed by atoms with Crippen molar-refractivity contribution < 1.29 is 16.8 Å². The number of sulfone groups is 1. The van der Waals surface area contributed by atoms with Gasteiger partial charge >= 0.3 is 0 Å². The number of sulfonamides is 1. The molecule has 0 aliphatic carbocycles. The van der Waals surface area contributed by atoms with Crippen molar-refractivity contribution >= 4 is 31.5 Å². The molecule has 7 nitrogen and oxygen atoms in total. The summed E-state index contributed by atoms with van der Waals surface area (Å²) in [4.78, 5) is 4.38. The van der Waals surface area contributed by atoms with Gasteiger partial charge in [-0.1, -0.05) is 17.7 Å². The van der Waals surface area contributed by atoms with Gasteiger partial charge in [-0.05, 0) is 31.7 Å². The van der Waals surface area contributed by atoms with Crippen molar-refractivity contribution in [1.82, 2.24) is 14.5 Å². The largest absolute Gasteiger partial charge is 0.304 e. The summed E-state index contributed by atoms with van der Waals surface area (Å²) in [5.74, 6) is -0.353. The van der Waals surface area contributed by atoms with Gasteiger partial charge in [0, 0.05) is 50.0 Å². The van der Waals surface area contributed by atoms with E-state index in [1.165, 1.54) is 18.2 Å². The van der Waals surface area contributed by atoms with Gasteiger partial charge in [0.15, 0.2) is 9.84 Å². The predicted octanol–water partition coefficient (Wildman–Crippen LogP) is 0.799. The zero-order valence-corrected chi connectivity index (χ0v) is 17.7. The summed E-state index contributed by atoms with van der Waals surface area (Å²) < 4.78 is 51.3. The van der Waals surface area contributed by atoms with Gasteiger partial charge in [-0.15, -0.1) is 0 Å². The molecular formula is C16H26ClN3O4S2. The molecule has 1 saturated heterocycles. The minimum Gasteiger partial charge on any atom is -0.304 e. The normalized spacial score (nSPS) is 18.8. The smallest absolute Gasteiger partial charge is 0.240 e. The Labute approximate surface area is 161 Å². The molecule has 10 heteroatoms. The molecule has 2 rings (SSSR count). The molecule has 1 fully saturated rings. The van der Waals surface area contributed by atoms with E-state index in [1.54, 1.807) is 0 Å². The van der Waals surface area contributed by atoms with E-state index < -0.39 is 19.9 Å². The zero-order valence-electron chi connectivity index (χ0n) is 15.3. The highest BCUT2D eigenvalue weighted by atomic mass is 35.5. The lowest BCUT2D eigenvalue weighted by Gasteiger charge is -2.36. The fourth-order valence-electron chi connectivity index (χ4n) is 2.88. The molecule has 0 saturated carbocycles. The topological polar surface area (TPSA) is 86.8 Å². The van der Waals surface area contributed by atoms with Gasteiger partial charge in [0.05, 0.1) is 10.6 Å². The summed E-state index contributed by atoms with van der Waals surface area (Å²) in [6, 6.07) is 4.27. The van der Waals surface area contributed by atoms with Gasteiger partial charge in [0.1, 0.15) is 0 Å². The van der Waals surface area contributed by atoms with E-state index in [1.807, 2.05) is 6.92 Å². The molecule has 0 bridgehead atoms. The minimum absolute atomic E-state index is 0.0380. The second-order valence-electron chi connectivity index (χ2n) is 6.86. The minimum atomic E-state index is -3.87. The molecule has 0 spiro atoms. The van der Waals surface area contributed by atoms with Crippen molar-refractivity contribution in [3.05, 3.63) is 28.8 Å². The van der Waals surface area contributed by atoms with Crippen LogP contribution >= 0.6 is 11.6 Å². The molecular weight excluding hydrogens is 398 g/mol. The number of hydrogen-bond acceptors (Lipinski definition) is 6. The van der Waals surface area contributed by atoms with Gasteiger partial charge in [-0.25, -0.2) is 21.6 Å². The summed E-state index contributed by atoms with van der Waals surface area (Å²) in [6.07, 6.45) is 1.07. The Morgan fingerprint density at radius 3 is 2.35 bits per heavy atom. The van der Waals surface area contributed by atoms with E-state index in [4.69, 9.17) is 11.6 Å². The van der Waals surface area contributed by atoms with E-state index in [0.29, 0.717) is 0 Å². The zero-order chi connectivity index (χ0) is 19.5. The lowest BCUT2D eigenvalue weighted by Crippen LogP contribution is -2.51. The van der Waals surface area contributed by atoms with Gasteiger partial charge < -0.3 is 4.90 Å². The number of piperazine rings is 1. The Bertz CT molecular complexity index is 835. The number of benzene rings is 1. The third-order valence-corrected chi connectivity index (χ3v) is 7.04. The lowest BCUT2D eigenvalue weighted by molar-refractivity contribution is 0.120. The Morgan fingerprint density at radius 2 is 1.77 bits per heavy atom. The number of halogens is 1. The maximum absolute atomic E-state index is 12.7. The van der Waals surface area contributed by atoms with Crippen molar-refractivity contribution in [1.29, 1.82) is 0 Å². The Hall–Kier alpha value is -0.710. The fraction of sp³-hybridized carbons (Fsp3) is 0.625. The van der Waals surface area contributed by atoms with Crippen LogP contribution in [0, 0.1) is 0 Å². The van der Waals surface area contributed by atoms with E-state index in [0.717, 1.165) is 32.4 Å². The fourth-order valence-corrected chi connectivity index (χ4v) is 5.41. The maximum Gasteiger partial charge on any atom is 0.240 e. The second-order valence-corrected chi connectivity index (χ2v) is 11.2. The van der Waals surface area contributed by atoms with E-state index in [-0.39, 0.29) is 33.8 Å². The molecule has 148 valence electrons. The van der Waals surface area contributed by atoms with Crippen molar-refractivity contribution in [3.8, 4) is 0 Å². The SMILES string of the molecule is C[C@H](CNS(=O)(=O)c1cc(Cl)ccc1CS(C)(=O)=O)N1CCN(C)CC1. The van der Waals surface area contributed by atoms with Crippen LogP contribution in [0.2, 0.25) is 5.02 Å². The first kappa shape index (κ1) is 21.6. The van der Waals surface area contributed by atoms with Crippen LogP contribution in [0.5, 0.6) is 0 Å². The molecule has 0 aromatic heterocycles. The summed E-state index contributed by atoms with van der Waals surface area (Å²) in [5, 5.41) is 0.245. The average molecular weight is 424 g/mol. The summed E-state index contributed by atoms with van der Waals surface area (Å²) in [5.41, 5.74) is 0.219. The highest BCUT2D eigenvalue weighted by molar-refractivity contribution is 7.90. The second kappa shape index (κ2) is 8.53. The first-order chi connectivity index (χ1) is 12.0. The third-order valence-electron chi connectivity index (χ3n) is 4.47. The summed E-state index contributed by atoms with van der Waals surface area (Å²) >= 11 is 5.94. The molecule has 1 aromatic rings. The number of rotatable bonds is 7. The Morgan fingerprint density at radius 1 is 1.15 bits per heavy atom. The van der Waals surface area contributed by atoms with Crippen LogP contribution < -0.4 is 4.72 Å². The standard InChI is InChI=1S/C16H26ClN3O4S2/c1-13(20-8-6-19(2)7-9-20)11-18-26(23,24)16-10-15(17)5-4-14(16)12-25(3,21)22/h4-5,10,13,18H,6-9,11-12H2,1-3H3/t13-/m1/s1. The van der Waals surface area contributed by atoms with E-state index in [9.17, 15) is 16.8 Å². The first-order valence-electron chi connectivity index (χ1n) is 8.36. The van der Waals surface area contributed by atoms with Crippen molar-refractivity contribution in [2.75, 3.05) is 46.0 Å². The van der Waals surface area contributed by atoms with Gasteiger partial charge in [-0.3, -0.25) is 4.90 Å². The molecule has 1 aliphatic rings. The van der Waals surface area contributed by atoms with Crippen LogP contribution in [0.15, 0.2) is 23.1 Å². The predicted molar refractivity (Wildman–Crippen MR) is 104 cm³/mol. The average Bonchev–Trinajstić information content (AvgIpc) is 2.54. The van der Waals surface area contributed by atoms with E-state index >= 15 is 0 Å².